The van der Waals surface area contributed by atoms with E-state index in [0.717, 1.165) is 33.5 Å². The predicted octanol–water partition coefficient (Wildman–Crippen LogP) is 3.77. The molecule has 4 aromatic rings. The fourth-order valence-corrected chi connectivity index (χ4v) is 2.63. The number of hydrogen-bond donors (Lipinski definition) is 0. The summed E-state index contributed by atoms with van der Waals surface area (Å²) in [5.41, 5.74) is 2.55. The van der Waals surface area contributed by atoms with Crippen LogP contribution in [0.5, 0.6) is 0 Å². The molecule has 0 radical (unpaired) electrons. The molecule has 0 spiro atoms. The number of rotatable bonds is 3. The van der Waals surface area contributed by atoms with E-state index in [-0.39, 0.29) is 0 Å². The average molecular weight is 370 g/mol. The van der Waals surface area contributed by atoms with Crippen molar-refractivity contribution in [3.05, 3.63) is 52.9 Å². The van der Waals surface area contributed by atoms with Crippen LogP contribution in [-0.2, 0) is 6.42 Å². The highest BCUT2D eigenvalue weighted by Gasteiger charge is 2.12. The Morgan fingerprint density at radius 2 is 1.83 bits per heavy atom. The van der Waals surface area contributed by atoms with E-state index in [1.54, 1.807) is 0 Å². The Kier molecular flexibility index (Phi) is 3.42. The van der Waals surface area contributed by atoms with Gasteiger partial charge in [-0.05, 0) is 36.4 Å². The number of benzene rings is 1. The molecule has 0 atom stereocenters. The number of aryl methyl sites for hydroxylation is 1. The summed E-state index contributed by atoms with van der Waals surface area (Å²) in [6.45, 7) is 2.04. The summed E-state index contributed by atoms with van der Waals surface area (Å²) in [6, 6.07) is 11.6. The number of hydrogen-bond acceptors (Lipinski definition) is 5. The van der Waals surface area contributed by atoms with Crippen molar-refractivity contribution in [3.63, 3.8) is 0 Å². The second kappa shape index (κ2) is 5.58. The van der Waals surface area contributed by atoms with Gasteiger partial charge in [0, 0.05) is 28.2 Å². The average Bonchev–Trinajstić information content (AvgIpc) is 3.21. The molecule has 1 aromatic carbocycles. The molecular formula is C16H12BrN5O. The molecule has 0 aliphatic rings. The highest BCUT2D eigenvalue weighted by atomic mass is 79.9. The second-order valence-corrected chi connectivity index (χ2v) is 5.96. The van der Waals surface area contributed by atoms with Gasteiger partial charge in [0.2, 0.25) is 5.82 Å². The lowest BCUT2D eigenvalue weighted by atomic mass is 10.2. The van der Waals surface area contributed by atoms with Crippen LogP contribution >= 0.6 is 15.9 Å². The standard InChI is InChI=1S/C16H12BrN5O/c1-2-13-19-20-14-8-5-11(9-22(13)14)15-18-16(23-21-15)10-3-6-12(17)7-4-10/h3-9H,2H2,1H3. The number of halogens is 1. The predicted molar refractivity (Wildman–Crippen MR) is 88.8 cm³/mol. The lowest BCUT2D eigenvalue weighted by Gasteiger charge is -1.99. The van der Waals surface area contributed by atoms with Crippen LogP contribution in [-0.4, -0.2) is 24.7 Å². The van der Waals surface area contributed by atoms with Crippen LogP contribution in [0.1, 0.15) is 12.7 Å². The van der Waals surface area contributed by atoms with E-state index in [1.165, 1.54) is 0 Å². The van der Waals surface area contributed by atoms with Gasteiger partial charge in [0.15, 0.2) is 5.65 Å². The Labute approximate surface area is 140 Å². The van der Waals surface area contributed by atoms with Crippen LogP contribution in [0.4, 0.5) is 0 Å². The summed E-state index contributed by atoms with van der Waals surface area (Å²) >= 11 is 3.41. The third-order valence-corrected chi connectivity index (χ3v) is 4.09. The van der Waals surface area contributed by atoms with Gasteiger partial charge in [-0.2, -0.15) is 4.98 Å². The minimum atomic E-state index is 0.493. The third-order valence-electron chi connectivity index (χ3n) is 3.56. The van der Waals surface area contributed by atoms with E-state index in [0.29, 0.717) is 11.7 Å². The van der Waals surface area contributed by atoms with Gasteiger partial charge in [0.05, 0.1) is 0 Å². The van der Waals surface area contributed by atoms with Gasteiger partial charge in [0.25, 0.3) is 5.89 Å². The van der Waals surface area contributed by atoms with Crippen LogP contribution in [0.3, 0.4) is 0 Å². The summed E-state index contributed by atoms with van der Waals surface area (Å²) < 4.78 is 8.33. The Morgan fingerprint density at radius 1 is 1.04 bits per heavy atom. The summed E-state index contributed by atoms with van der Waals surface area (Å²) in [6.07, 6.45) is 2.74. The molecule has 23 heavy (non-hydrogen) atoms. The van der Waals surface area contributed by atoms with Gasteiger partial charge in [-0.3, -0.25) is 4.40 Å². The first kappa shape index (κ1) is 14.1. The Morgan fingerprint density at radius 3 is 2.61 bits per heavy atom. The molecule has 0 saturated heterocycles. The quantitative estimate of drug-likeness (QED) is 0.549. The van der Waals surface area contributed by atoms with Crippen LogP contribution < -0.4 is 0 Å². The normalized spacial score (nSPS) is 11.2. The van der Waals surface area contributed by atoms with E-state index in [9.17, 15) is 0 Å². The van der Waals surface area contributed by atoms with Crippen molar-refractivity contribution in [3.8, 4) is 22.8 Å². The maximum Gasteiger partial charge on any atom is 0.258 e. The number of pyridine rings is 1. The van der Waals surface area contributed by atoms with Crippen LogP contribution in [0, 0.1) is 0 Å². The number of fused-ring (bicyclic) bond motifs is 1. The molecular weight excluding hydrogens is 358 g/mol. The van der Waals surface area contributed by atoms with Gasteiger partial charge in [-0.25, -0.2) is 0 Å². The zero-order chi connectivity index (χ0) is 15.8. The van der Waals surface area contributed by atoms with Gasteiger partial charge >= 0.3 is 0 Å². The molecule has 0 aliphatic carbocycles. The molecule has 0 fully saturated rings. The minimum absolute atomic E-state index is 0.493. The summed E-state index contributed by atoms with van der Waals surface area (Å²) in [5, 5.41) is 12.4. The van der Waals surface area contributed by atoms with E-state index < -0.39 is 0 Å². The molecule has 7 heteroatoms. The number of nitrogens with zero attached hydrogens (tertiary/aromatic N) is 5. The Hall–Kier alpha value is -2.54. The fraction of sp³-hybridized carbons (Fsp3) is 0.125. The third kappa shape index (κ3) is 2.53. The SMILES string of the molecule is CCc1nnc2ccc(-c3noc(-c4ccc(Br)cc4)n3)cn12. The number of aromatic nitrogens is 5. The molecule has 0 bridgehead atoms. The lowest BCUT2D eigenvalue weighted by Crippen LogP contribution is -1.93. The molecule has 4 rings (SSSR count). The van der Waals surface area contributed by atoms with Crippen molar-refractivity contribution in [2.45, 2.75) is 13.3 Å². The smallest absolute Gasteiger partial charge is 0.258 e. The largest absolute Gasteiger partial charge is 0.334 e. The lowest BCUT2D eigenvalue weighted by molar-refractivity contribution is 0.432. The maximum atomic E-state index is 5.38. The molecule has 0 unspecified atom stereocenters. The van der Waals surface area contributed by atoms with E-state index in [4.69, 9.17) is 4.52 Å². The van der Waals surface area contributed by atoms with Crippen molar-refractivity contribution in [1.82, 2.24) is 24.7 Å². The monoisotopic (exact) mass is 369 g/mol. The molecule has 114 valence electrons. The topological polar surface area (TPSA) is 69.1 Å². The van der Waals surface area contributed by atoms with Crippen molar-refractivity contribution in [2.75, 3.05) is 0 Å². The molecule has 0 saturated carbocycles. The molecule has 3 aromatic heterocycles. The summed E-state index contributed by atoms with van der Waals surface area (Å²) in [7, 11) is 0. The van der Waals surface area contributed by atoms with Gasteiger partial charge < -0.3 is 4.52 Å². The first-order chi connectivity index (χ1) is 11.2. The van der Waals surface area contributed by atoms with Crippen LogP contribution in [0.15, 0.2) is 51.6 Å². The highest BCUT2D eigenvalue weighted by Crippen LogP contribution is 2.24. The van der Waals surface area contributed by atoms with Crippen molar-refractivity contribution in [2.24, 2.45) is 0 Å². The van der Waals surface area contributed by atoms with Gasteiger partial charge in [-0.1, -0.05) is 28.0 Å². The maximum absolute atomic E-state index is 5.38. The Bertz CT molecular complexity index is 974. The summed E-state index contributed by atoms with van der Waals surface area (Å²) in [4.78, 5) is 4.48. The van der Waals surface area contributed by atoms with Crippen molar-refractivity contribution < 1.29 is 4.52 Å². The van der Waals surface area contributed by atoms with Gasteiger partial charge in [-0.15, -0.1) is 10.2 Å². The molecule has 3 heterocycles. The Balaban J connectivity index is 1.75. The van der Waals surface area contributed by atoms with E-state index >= 15 is 0 Å². The van der Waals surface area contributed by atoms with Gasteiger partial charge in [0.1, 0.15) is 5.82 Å². The molecule has 0 amide bonds. The van der Waals surface area contributed by atoms with Crippen LogP contribution in [0.2, 0.25) is 0 Å². The van der Waals surface area contributed by atoms with E-state index in [1.807, 2.05) is 53.9 Å². The highest BCUT2D eigenvalue weighted by molar-refractivity contribution is 9.10. The molecule has 0 aliphatic heterocycles. The van der Waals surface area contributed by atoms with Crippen LogP contribution in [0.25, 0.3) is 28.5 Å². The second-order valence-electron chi connectivity index (χ2n) is 5.05. The summed E-state index contributed by atoms with van der Waals surface area (Å²) in [5.74, 6) is 1.94. The zero-order valence-corrected chi connectivity index (χ0v) is 13.9. The minimum Gasteiger partial charge on any atom is -0.334 e. The van der Waals surface area contributed by atoms with Crippen molar-refractivity contribution in [1.29, 1.82) is 0 Å². The molecule has 0 N–H and O–H groups in total. The fourth-order valence-electron chi connectivity index (χ4n) is 2.36. The van der Waals surface area contributed by atoms with Crippen molar-refractivity contribution >= 4 is 21.6 Å². The zero-order valence-electron chi connectivity index (χ0n) is 12.3. The first-order valence-corrected chi connectivity index (χ1v) is 7.97. The first-order valence-electron chi connectivity index (χ1n) is 7.18. The molecule has 6 nitrogen and oxygen atoms in total. The van der Waals surface area contributed by atoms with E-state index in [2.05, 4.69) is 36.3 Å².